The number of carbonyl (C=O) groups is 2. The number of amides is 1. The van der Waals surface area contributed by atoms with Crippen LogP contribution in [-0.2, 0) is 9.59 Å². The Kier molecular flexibility index (Phi) is 7.12. The molecule has 0 unspecified atom stereocenters. The Morgan fingerprint density at radius 2 is 1.55 bits per heavy atom. The van der Waals surface area contributed by atoms with Crippen molar-refractivity contribution >= 4 is 44.1 Å². The summed E-state index contributed by atoms with van der Waals surface area (Å²) in [6.07, 6.45) is 0. The number of fused-ring (bicyclic) bond motifs is 1. The second-order valence-corrected chi connectivity index (χ2v) is 10.3. The number of aliphatic hydroxyl groups is 1. The molecule has 5 rings (SSSR count). The minimum absolute atomic E-state index is 0.0865. The number of hydrogen-bond acceptors (Lipinski definition) is 9. The first kappa shape index (κ1) is 27.0. The molecule has 1 atom stereocenters. The summed E-state index contributed by atoms with van der Waals surface area (Å²) >= 11 is 1.30. The lowest BCUT2D eigenvalue weighted by Gasteiger charge is -2.24. The molecule has 3 aromatic carbocycles. The van der Waals surface area contributed by atoms with Crippen molar-refractivity contribution in [3.05, 3.63) is 76.4 Å². The van der Waals surface area contributed by atoms with E-state index in [2.05, 4.69) is 0 Å². The van der Waals surface area contributed by atoms with Crippen molar-refractivity contribution in [2.45, 2.75) is 19.9 Å². The van der Waals surface area contributed by atoms with Gasteiger partial charge in [-0.15, -0.1) is 0 Å². The minimum Gasteiger partial charge on any atom is -0.507 e. The van der Waals surface area contributed by atoms with Crippen LogP contribution >= 0.6 is 11.3 Å². The third-order valence-electron chi connectivity index (χ3n) is 6.84. The first-order chi connectivity index (χ1) is 19.2. The van der Waals surface area contributed by atoms with Gasteiger partial charge in [-0.1, -0.05) is 17.4 Å². The van der Waals surface area contributed by atoms with Crippen LogP contribution < -0.4 is 23.8 Å². The Hall–Kier alpha value is -4.57. The van der Waals surface area contributed by atoms with Gasteiger partial charge in [-0.25, -0.2) is 4.98 Å². The van der Waals surface area contributed by atoms with Crippen LogP contribution in [0.15, 0.2) is 54.1 Å². The molecule has 2 heterocycles. The third kappa shape index (κ3) is 4.40. The van der Waals surface area contributed by atoms with E-state index >= 15 is 0 Å². The van der Waals surface area contributed by atoms with Gasteiger partial charge in [0.05, 0.1) is 50.3 Å². The van der Waals surface area contributed by atoms with Crippen molar-refractivity contribution in [3.8, 4) is 23.0 Å². The van der Waals surface area contributed by atoms with E-state index in [0.717, 1.165) is 21.3 Å². The maximum Gasteiger partial charge on any atom is 0.301 e. The smallest absolute Gasteiger partial charge is 0.301 e. The Morgan fingerprint density at radius 3 is 2.12 bits per heavy atom. The Bertz CT molecular complexity index is 1650. The van der Waals surface area contributed by atoms with Gasteiger partial charge >= 0.3 is 5.91 Å². The van der Waals surface area contributed by atoms with E-state index in [1.807, 2.05) is 26.0 Å². The predicted molar refractivity (Wildman–Crippen MR) is 153 cm³/mol. The lowest BCUT2D eigenvalue weighted by Crippen LogP contribution is -2.29. The van der Waals surface area contributed by atoms with Gasteiger partial charge in [-0.2, -0.15) is 0 Å². The molecular weight excluding hydrogens is 532 g/mol. The number of aryl methyl sites for hydroxylation is 2. The highest BCUT2D eigenvalue weighted by Crippen LogP contribution is 2.48. The van der Waals surface area contributed by atoms with Crippen LogP contribution in [0.3, 0.4) is 0 Å². The average molecular weight is 561 g/mol. The summed E-state index contributed by atoms with van der Waals surface area (Å²) in [6, 6.07) is 12.9. The number of aliphatic hydroxyl groups excluding tert-OH is 1. The van der Waals surface area contributed by atoms with E-state index < -0.39 is 17.7 Å². The number of carbonyl (C=O) groups excluding carboxylic acids is 2. The Labute approximate surface area is 235 Å². The quantitative estimate of drug-likeness (QED) is 0.178. The van der Waals surface area contributed by atoms with E-state index in [1.54, 1.807) is 36.4 Å². The molecule has 4 aromatic rings. The summed E-state index contributed by atoms with van der Waals surface area (Å²) in [5.41, 5.74) is 3.49. The van der Waals surface area contributed by atoms with Crippen molar-refractivity contribution < 1.29 is 33.6 Å². The number of ketones is 1. The molecule has 0 spiro atoms. The molecule has 40 heavy (non-hydrogen) atoms. The topological polar surface area (TPSA) is 107 Å². The highest BCUT2D eigenvalue weighted by atomic mass is 32.1. The Balaban J connectivity index is 1.78. The molecule has 0 saturated carbocycles. The SMILES string of the molecule is COc1ccc(/C(O)=C2\C(=O)C(=O)N(c3nc4c(C)cc(C)cc4s3)[C@H]2c2cc(OC)c(OC)c(OC)c2)cc1. The highest BCUT2D eigenvalue weighted by molar-refractivity contribution is 7.22. The van der Waals surface area contributed by atoms with E-state index in [4.69, 9.17) is 23.9 Å². The molecule has 1 aliphatic heterocycles. The molecule has 10 heteroatoms. The van der Waals surface area contributed by atoms with Gasteiger partial charge in [0.25, 0.3) is 5.78 Å². The largest absolute Gasteiger partial charge is 0.507 e. The van der Waals surface area contributed by atoms with Crippen molar-refractivity contribution in [1.82, 2.24) is 4.98 Å². The van der Waals surface area contributed by atoms with Crippen LogP contribution in [0.4, 0.5) is 5.13 Å². The summed E-state index contributed by atoms with van der Waals surface area (Å²) in [4.78, 5) is 33.4. The minimum atomic E-state index is -1.03. The zero-order chi connectivity index (χ0) is 28.7. The summed E-state index contributed by atoms with van der Waals surface area (Å²) in [6.45, 7) is 3.94. The molecule has 1 aromatic heterocycles. The zero-order valence-electron chi connectivity index (χ0n) is 22.9. The van der Waals surface area contributed by atoms with E-state index in [0.29, 0.717) is 39.3 Å². The van der Waals surface area contributed by atoms with Crippen LogP contribution in [-0.4, -0.2) is 50.2 Å². The number of anilines is 1. The monoisotopic (exact) mass is 560 g/mol. The van der Waals surface area contributed by atoms with Crippen molar-refractivity contribution in [2.75, 3.05) is 33.3 Å². The summed E-state index contributed by atoms with van der Waals surface area (Å²) in [5.74, 6) is -0.354. The molecule has 0 aliphatic carbocycles. The number of methoxy groups -OCH3 is 4. The van der Waals surface area contributed by atoms with Crippen molar-refractivity contribution in [3.63, 3.8) is 0 Å². The fourth-order valence-corrected chi connectivity index (χ4v) is 6.14. The molecule has 206 valence electrons. The fraction of sp³-hybridized carbons (Fsp3) is 0.233. The number of aromatic nitrogens is 1. The highest BCUT2D eigenvalue weighted by Gasteiger charge is 2.48. The number of ether oxygens (including phenoxy) is 4. The van der Waals surface area contributed by atoms with Crippen LogP contribution in [0.2, 0.25) is 0 Å². The van der Waals surface area contributed by atoms with Gasteiger partial charge in [0.15, 0.2) is 16.6 Å². The number of hydrogen-bond donors (Lipinski definition) is 1. The van der Waals surface area contributed by atoms with Gasteiger partial charge < -0.3 is 24.1 Å². The fourth-order valence-electron chi connectivity index (χ4n) is 4.97. The summed E-state index contributed by atoms with van der Waals surface area (Å²) < 4.78 is 22.7. The predicted octanol–water partition coefficient (Wildman–Crippen LogP) is 5.57. The number of Topliss-reactive ketones (excluding diaryl/α,β-unsaturated/α-hetero) is 1. The second kappa shape index (κ2) is 10.5. The molecule has 9 nitrogen and oxygen atoms in total. The summed E-state index contributed by atoms with van der Waals surface area (Å²) in [5, 5.41) is 11.8. The number of nitrogens with zero attached hydrogens (tertiary/aromatic N) is 2. The lowest BCUT2D eigenvalue weighted by molar-refractivity contribution is -0.132. The van der Waals surface area contributed by atoms with E-state index in [-0.39, 0.29) is 11.3 Å². The van der Waals surface area contributed by atoms with Gasteiger partial charge in [-0.3, -0.25) is 14.5 Å². The first-order valence-corrected chi connectivity index (χ1v) is 13.2. The lowest BCUT2D eigenvalue weighted by atomic mass is 9.94. The van der Waals surface area contributed by atoms with E-state index in [9.17, 15) is 14.7 Å². The maximum absolute atomic E-state index is 13.7. The van der Waals surface area contributed by atoms with Gasteiger partial charge in [0.1, 0.15) is 11.5 Å². The van der Waals surface area contributed by atoms with Crippen LogP contribution in [0.25, 0.3) is 16.0 Å². The summed E-state index contributed by atoms with van der Waals surface area (Å²) in [7, 11) is 5.98. The molecule has 1 aliphatic rings. The van der Waals surface area contributed by atoms with Crippen LogP contribution in [0.1, 0.15) is 28.3 Å². The average Bonchev–Trinajstić information content (AvgIpc) is 3.50. The maximum atomic E-state index is 13.7. The second-order valence-electron chi connectivity index (χ2n) is 9.28. The van der Waals surface area contributed by atoms with Gasteiger partial charge in [0.2, 0.25) is 5.75 Å². The van der Waals surface area contributed by atoms with E-state index in [1.165, 1.54) is 44.7 Å². The molecule has 1 fully saturated rings. The number of thiazole rings is 1. The van der Waals surface area contributed by atoms with Gasteiger partial charge in [-0.05, 0) is 73.0 Å². The molecule has 1 saturated heterocycles. The number of benzene rings is 3. The molecule has 1 N–H and O–H groups in total. The van der Waals surface area contributed by atoms with Crippen molar-refractivity contribution in [2.24, 2.45) is 0 Å². The normalized spacial score (nSPS) is 16.4. The first-order valence-electron chi connectivity index (χ1n) is 12.4. The van der Waals surface area contributed by atoms with Crippen molar-refractivity contribution in [1.29, 1.82) is 0 Å². The molecule has 1 amide bonds. The van der Waals surface area contributed by atoms with Crippen LogP contribution in [0, 0.1) is 13.8 Å². The molecular formula is C30H28N2O7S. The number of rotatable bonds is 7. The Morgan fingerprint density at radius 1 is 0.900 bits per heavy atom. The molecule has 0 bridgehead atoms. The third-order valence-corrected chi connectivity index (χ3v) is 7.84. The standard InChI is InChI=1S/C30H28N2O7S/c1-15-11-16(2)24-22(12-15)40-30(31-24)32-25(18-13-20(37-4)28(39-6)21(14-18)38-5)23(27(34)29(32)35)26(33)17-7-9-19(36-3)10-8-17/h7-14,25,33H,1-6H3/b26-23+/t25-/m0/s1. The zero-order valence-corrected chi connectivity index (χ0v) is 23.7. The van der Waals surface area contributed by atoms with Crippen LogP contribution in [0.5, 0.6) is 23.0 Å². The van der Waals surface area contributed by atoms with Gasteiger partial charge in [0, 0.05) is 5.56 Å². The molecule has 0 radical (unpaired) electrons.